The molecular formula is C23H21F2NO3. The Labute approximate surface area is 168 Å². The standard InChI is InChI=1S/C23H21F2NO3/c1-28-19-11-7-16(8-12-19)15-21(27)26-22(17-5-3-2-4-6-17)18-9-13-20(14-10-18)29-23(24)25/h2-14,22-23H,15H2,1H3,(H,26,27)/t22-/m0/s1. The Bertz CT molecular complexity index is 913. The molecule has 0 aromatic heterocycles. The number of rotatable bonds is 8. The van der Waals surface area contributed by atoms with E-state index in [1.807, 2.05) is 42.5 Å². The largest absolute Gasteiger partial charge is 0.497 e. The minimum Gasteiger partial charge on any atom is -0.497 e. The van der Waals surface area contributed by atoms with E-state index in [4.69, 9.17) is 4.74 Å². The van der Waals surface area contributed by atoms with E-state index in [2.05, 4.69) is 10.1 Å². The van der Waals surface area contributed by atoms with Crippen molar-refractivity contribution in [2.45, 2.75) is 19.1 Å². The number of ether oxygens (including phenoxy) is 2. The predicted octanol–water partition coefficient (Wildman–Crippen LogP) is 4.74. The van der Waals surface area contributed by atoms with Crippen LogP contribution in [0, 0.1) is 0 Å². The minimum atomic E-state index is -2.88. The topological polar surface area (TPSA) is 47.6 Å². The number of nitrogens with one attached hydrogen (secondary N) is 1. The van der Waals surface area contributed by atoms with Crippen LogP contribution in [0.4, 0.5) is 8.78 Å². The summed E-state index contributed by atoms with van der Waals surface area (Å²) < 4.78 is 34.3. The minimum absolute atomic E-state index is 0.0696. The monoisotopic (exact) mass is 397 g/mol. The van der Waals surface area contributed by atoms with Crippen molar-refractivity contribution in [2.24, 2.45) is 0 Å². The van der Waals surface area contributed by atoms with E-state index in [0.717, 1.165) is 22.4 Å². The lowest BCUT2D eigenvalue weighted by Crippen LogP contribution is -2.30. The summed E-state index contributed by atoms with van der Waals surface area (Å²) in [6.45, 7) is -2.88. The summed E-state index contributed by atoms with van der Waals surface area (Å²) in [5.74, 6) is 0.638. The summed E-state index contributed by atoms with van der Waals surface area (Å²) >= 11 is 0. The Morgan fingerprint density at radius 1 is 0.862 bits per heavy atom. The van der Waals surface area contributed by atoms with Crippen LogP contribution in [0.25, 0.3) is 0 Å². The molecule has 1 N–H and O–H groups in total. The highest BCUT2D eigenvalue weighted by atomic mass is 19.3. The van der Waals surface area contributed by atoms with Crippen LogP contribution in [0.3, 0.4) is 0 Å². The number of carbonyl (C=O) groups is 1. The van der Waals surface area contributed by atoms with E-state index < -0.39 is 12.7 Å². The molecule has 3 rings (SSSR count). The van der Waals surface area contributed by atoms with E-state index in [9.17, 15) is 13.6 Å². The first kappa shape index (κ1) is 20.3. The van der Waals surface area contributed by atoms with Gasteiger partial charge in [-0.1, -0.05) is 54.6 Å². The average Bonchev–Trinajstić information content (AvgIpc) is 2.73. The van der Waals surface area contributed by atoms with E-state index in [1.165, 1.54) is 12.1 Å². The van der Waals surface area contributed by atoms with Gasteiger partial charge >= 0.3 is 6.61 Å². The molecule has 0 aliphatic carbocycles. The Kier molecular flexibility index (Phi) is 6.79. The molecule has 3 aromatic carbocycles. The maximum absolute atomic E-state index is 12.7. The van der Waals surface area contributed by atoms with Gasteiger partial charge in [0.05, 0.1) is 19.6 Å². The summed E-state index contributed by atoms with van der Waals surface area (Å²) in [4.78, 5) is 12.7. The molecule has 0 aliphatic rings. The molecule has 150 valence electrons. The van der Waals surface area contributed by atoms with Crippen molar-refractivity contribution in [1.82, 2.24) is 5.32 Å². The molecule has 0 saturated heterocycles. The van der Waals surface area contributed by atoms with Crippen molar-refractivity contribution in [3.05, 3.63) is 95.6 Å². The van der Waals surface area contributed by atoms with Crippen LogP contribution < -0.4 is 14.8 Å². The Morgan fingerprint density at radius 2 is 1.45 bits per heavy atom. The highest BCUT2D eigenvalue weighted by molar-refractivity contribution is 5.79. The second kappa shape index (κ2) is 9.68. The van der Waals surface area contributed by atoms with Gasteiger partial charge in [-0.05, 0) is 41.0 Å². The second-order valence-corrected chi connectivity index (χ2v) is 6.38. The number of carbonyl (C=O) groups excluding carboxylic acids is 1. The number of hydrogen-bond acceptors (Lipinski definition) is 3. The van der Waals surface area contributed by atoms with E-state index in [0.29, 0.717) is 0 Å². The molecule has 29 heavy (non-hydrogen) atoms. The third kappa shape index (κ3) is 5.78. The van der Waals surface area contributed by atoms with E-state index >= 15 is 0 Å². The van der Waals surface area contributed by atoms with Gasteiger partial charge < -0.3 is 14.8 Å². The van der Waals surface area contributed by atoms with Gasteiger partial charge in [-0.2, -0.15) is 8.78 Å². The molecule has 0 heterocycles. The van der Waals surface area contributed by atoms with Gasteiger partial charge in [0.1, 0.15) is 11.5 Å². The van der Waals surface area contributed by atoms with Gasteiger partial charge in [0.25, 0.3) is 0 Å². The molecule has 0 bridgehead atoms. The summed E-state index contributed by atoms with van der Waals surface area (Å²) in [6, 6.07) is 22.6. The fraction of sp³-hybridized carbons (Fsp3) is 0.174. The van der Waals surface area contributed by atoms with Crippen molar-refractivity contribution in [3.63, 3.8) is 0 Å². The Morgan fingerprint density at radius 3 is 2.03 bits per heavy atom. The number of hydrogen-bond donors (Lipinski definition) is 1. The third-order valence-corrected chi connectivity index (χ3v) is 4.40. The number of alkyl halides is 2. The van der Waals surface area contributed by atoms with Gasteiger partial charge in [0, 0.05) is 0 Å². The Hall–Kier alpha value is -3.41. The third-order valence-electron chi connectivity index (χ3n) is 4.40. The normalized spacial score (nSPS) is 11.7. The van der Waals surface area contributed by atoms with Crippen LogP contribution in [0.5, 0.6) is 11.5 Å². The average molecular weight is 397 g/mol. The zero-order valence-corrected chi connectivity index (χ0v) is 15.8. The van der Waals surface area contributed by atoms with Crippen molar-refractivity contribution in [1.29, 1.82) is 0 Å². The quantitative estimate of drug-likeness (QED) is 0.597. The zero-order valence-electron chi connectivity index (χ0n) is 15.8. The molecule has 0 saturated carbocycles. The molecule has 0 radical (unpaired) electrons. The highest BCUT2D eigenvalue weighted by Crippen LogP contribution is 2.25. The highest BCUT2D eigenvalue weighted by Gasteiger charge is 2.17. The Balaban J connectivity index is 1.77. The zero-order chi connectivity index (χ0) is 20.6. The van der Waals surface area contributed by atoms with Gasteiger partial charge in [-0.15, -0.1) is 0 Å². The smallest absolute Gasteiger partial charge is 0.387 e. The number of amides is 1. The van der Waals surface area contributed by atoms with Crippen LogP contribution in [-0.2, 0) is 11.2 Å². The van der Waals surface area contributed by atoms with Crippen LogP contribution in [0.15, 0.2) is 78.9 Å². The van der Waals surface area contributed by atoms with Crippen LogP contribution in [-0.4, -0.2) is 19.6 Å². The molecule has 3 aromatic rings. The molecule has 6 heteroatoms. The molecule has 4 nitrogen and oxygen atoms in total. The van der Waals surface area contributed by atoms with Crippen molar-refractivity contribution >= 4 is 5.91 Å². The maximum Gasteiger partial charge on any atom is 0.387 e. The van der Waals surface area contributed by atoms with Crippen LogP contribution >= 0.6 is 0 Å². The van der Waals surface area contributed by atoms with Crippen molar-refractivity contribution in [3.8, 4) is 11.5 Å². The number of methoxy groups -OCH3 is 1. The van der Waals surface area contributed by atoms with Gasteiger partial charge in [0.2, 0.25) is 5.91 Å². The first-order valence-electron chi connectivity index (χ1n) is 9.07. The van der Waals surface area contributed by atoms with Gasteiger partial charge in [-0.25, -0.2) is 0 Å². The predicted molar refractivity (Wildman–Crippen MR) is 106 cm³/mol. The van der Waals surface area contributed by atoms with Crippen molar-refractivity contribution in [2.75, 3.05) is 7.11 Å². The van der Waals surface area contributed by atoms with Crippen LogP contribution in [0.2, 0.25) is 0 Å². The second-order valence-electron chi connectivity index (χ2n) is 6.38. The summed E-state index contributed by atoms with van der Waals surface area (Å²) in [5.41, 5.74) is 2.51. The molecule has 0 unspecified atom stereocenters. The molecule has 0 fully saturated rings. The molecule has 0 aliphatic heterocycles. The fourth-order valence-electron chi connectivity index (χ4n) is 2.99. The van der Waals surface area contributed by atoms with Gasteiger partial charge in [0.15, 0.2) is 0 Å². The SMILES string of the molecule is COc1ccc(CC(=O)N[C@@H](c2ccccc2)c2ccc(OC(F)F)cc2)cc1. The summed E-state index contributed by atoms with van der Waals surface area (Å²) in [6.07, 6.45) is 0.208. The lowest BCUT2D eigenvalue weighted by atomic mass is 9.98. The number of halogens is 2. The molecule has 1 atom stereocenters. The first-order valence-corrected chi connectivity index (χ1v) is 9.07. The van der Waals surface area contributed by atoms with Crippen molar-refractivity contribution < 1.29 is 23.0 Å². The molecule has 1 amide bonds. The molecule has 0 spiro atoms. The lowest BCUT2D eigenvalue weighted by Gasteiger charge is -2.20. The van der Waals surface area contributed by atoms with E-state index in [1.54, 1.807) is 31.4 Å². The fourth-order valence-corrected chi connectivity index (χ4v) is 2.99. The molecular weight excluding hydrogens is 376 g/mol. The first-order chi connectivity index (χ1) is 14.0. The lowest BCUT2D eigenvalue weighted by molar-refractivity contribution is -0.120. The van der Waals surface area contributed by atoms with E-state index in [-0.39, 0.29) is 18.1 Å². The summed E-state index contributed by atoms with van der Waals surface area (Å²) in [5, 5.41) is 3.03. The summed E-state index contributed by atoms with van der Waals surface area (Å²) in [7, 11) is 1.59. The number of benzene rings is 3. The van der Waals surface area contributed by atoms with Gasteiger partial charge in [-0.3, -0.25) is 4.79 Å². The van der Waals surface area contributed by atoms with Crippen LogP contribution in [0.1, 0.15) is 22.7 Å². The maximum atomic E-state index is 12.7.